The van der Waals surface area contributed by atoms with E-state index in [0.717, 1.165) is 36.9 Å². The molecule has 4 nitrogen and oxygen atoms in total. The van der Waals surface area contributed by atoms with Crippen LogP contribution in [0.25, 0.3) is 0 Å². The fourth-order valence-electron chi connectivity index (χ4n) is 2.88. The Kier molecular flexibility index (Phi) is 5.37. The molecule has 0 fully saturated rings. The quantitative estimate of drug-likeness (QED) is 0.781. The Balaban J connectivity index is 2.37. The first-order valence-corrected chi connectivity index (χ1v) is 7.65. The molecule has 1 aromatic rings. The zero-order chi connectivity index (χ0) is 15.2. The summed E-state index contributed by atoms with van der Waals surface area (Å²) in [6, 6.07) is 7.27. The summed E-state index contributed by atoms with van der Waals surface area (Å²) >= 11 is 0. The summed E-state index contributed by atoms with van der Waals surface area (Å²) < 4.78 is 4.98. The van der Waals surface area contributed by atoms with E-state index in [-0.39, 0.29) is 17.8 Å². The van der Waals surface area contributed by atoms with Gasteiger partial charge in [0.15, 0.2) is 5.78 Å². The molecule has 2 rings (SSSR count). The van der Waals surface area contributed by atoms with E-state index in [1.165, 1.54) is 7.11 Å². The molecule has 0 saturated carbocycles. The molecule has 0 aliphatic carbocycles. The number of carbonyl (C=O) groups is 2. The van der Waals surface area contributed by atoms with Crippen LogP contribution in [0.3, 0.4) is 0 Å². The Labute approximate surface area is 126 Å². The molecule has 21 heavy (non-hydrogen) atoms. The first-order valence-electron chi connectivity index (χ1n) is 7.65. The standard InChI is InChI=1S/C17H23NO3/c1-3-4-9-15(17(20)21-2)18-12-7-11-16(19)13-8-5-6-10-14(13)18/h5-6,8,10,15H,3-4,7,9,11-12H2,1-2H3. The number of carbonyl (C=O) groups excluding carboxylic acids is 2. The zero-order valence-electron chi connectivity index (χ0n) is 12.8. The number of para-hydroxylation sites is 1. The van der Waals surface area contributed by atoms with Gasteiger partial charge in [0, 0.05) is 24.2 Å². The third-order valence-electron chi connectivity index (χ3n) is 4.00. The van der Waals surface area contributed by atoms with Gasteiger partial charge in [-0.05, 0) is 25.0 Å². The van der Waals surface area contributed by atoms with Gasteiger partial charge >= 0.3 is 5.97 Å². The molecule has 1 heterocycles. The van der Waals surface area contributed by atoms with Crippen molar-refractivity contribution in [3.8, 4) is 0 Å². The highest BCUT2D eigenvalue weighted by atomic mass is 16.5. The minimum absolute atomic E-state index is 0.159. The third-order valence-corrected chi connectivity index (χ3v) is 4.00. The van der Waals surface area contributed by atoms with Gasteiger partial charge in [-0.2, -0.15) is 0 Å². The molecule has 114 valence electrons. The van der Waals surface area contributed by atoms with Crippen molar-refractivity contribution in [1.29, 1.82) is 0 Å². The molecule has 0 saturated heterocycles. The normalized spacial score (nSPS) is 16.1. The monoisotopic (exact) mass is 289 g/mol. The molecule has 0 N–H and O–H groups in total. The van der Waals surface area contributed by atoms with E-state index in [9.17, 15) is 9.59 Å². The van der Waals surface area contributed by atoms with Gasteiger partial charge in [-0.3, -0.25) is 4.79 Å². The minimum Gasteiger partial charge on any atom is -0.467 e. The predicted octanol–water partition coefficient (Wildman–Crippen LogP) is 3.20. The fraction of sp³-hybridized carbons (Fsp3) is 0.529. The number of methoxy groups -OCH3 is 1. The lowest BCUT2D eigenvalue weighted by molar-refractivity contribution is -0.142. The summed E-state index contributed by atoms with van der Waals surface area (Å²) in [5.74, 6) is -0.0557. The number of hydrogen-bond acceptors (Lipinski definition) is 4. The van der Waals surface area contributed by atoms with Gasteiger partial charge in [0.05, 0.1) is 7.11 Å². The molecule has 4 heteroatoms. The molecule has 1 aliphatic rings. The Morgan fingerprint density at radius 2 is 2.14 bits per heavy atom. The maximum absolute atomic E-state index is 12.2. The number of Topliss-reactive ketones (excluding diaryl/α,β-unsaturated/α-hetero) is 1. The van der Waals surface area contributed by atoms with Gasteiger partial charge in [0.2, 0.25) is 0 Å². The zero-order valence-corrected chi connectivity index (χ0v) is 12.8. The third kappa shape index (κ3) is 3.43. The van der Waals surface area contributed by atoms with Crippen molar-refractivity contribution in [2.24, 2.45) is 0 Å². The second-order valence-corrected chi connectivity index (χ2v) is 5.42. The van der Waals surface area contributed by atoms with Crippen LogP contribution >= 0.6 is 0 Å². The van der Waals surface area contributed by atoms with E-state index in [0.29, 0.717) is 13.0 Å². The van der Waals surface area contributed by atoms with Crippen molar-refractivity contribution in [3.05, 3.63) is 29.8 Å². The molecule has 0 amide bonds. The molecule has 1 unspecified atom stereocenters. The largest absolute Gasteiger partial charge is 0.467 e. The first-order chi connectivity index (χ1) is 10.2. The van der Waals surface area contributed by atoms with Crippen molar-refractivity contribution in [2.45, 2.75) is 45.1 Å². The van der Waals surface area contributed by atoms with Crippen molar-refractivity contribution >= 4 is 17.4 Å². The minimum atomic E-state index is -0.304. The summed E-state index contributed by atoms with van der Waals surface area (Å²) in [6.45, 7) is 2.82. The van der Waals surface area contributed by atoms with Gasteiger partial charge < -0.3 is 9.64 Å². The van der Waals surface area contributed by atoms with Crippen LogP contribution in [0.2, 0.25) is 0 Å². The lowest BCUT2D eigenvalue weighted by Gasteiger charge is -2.31. The Morgan fingerprint density at radius 1 is 1.38 bits per heavy atom. The van der Waals surface area contributed by atoms with Crippen LogP contribution in [-0.2, 0) is 9.53 Å². The summed E-state index contributed by atoms with van der Waals surface area (Å²) in [5, 5.41) is 0. The van der Waals surface area contributed by atoms with Gasteiger partial charge in [-0.1, -0.05) is 31.9 Å². The van der Waals surface area contributed by atoms with Gasteiger partial charge in [0.25, 0.3) is 0 Å². The summed E-state index contributed by atoms with van der Waals surface area (Å²) in [7, 11) is 1.43. The number of unbranched alkanes of at least 4 members (excludes halogenated alkanes) is 1. The number of hydrogen-bond donors (Lipinski definition) is 0. The number of ketones is 1. The van der Waals surface area contributed by atoms with Crippen LogP contribution in [0.1, 0.15) is 49.4 Å². The number of nitrogens with zero attached hydrogens (tertiary/aromatic N) is 1. The smallest absolute Gasteiger partial charge is 0.328 e. The Morgan fingerprint density at radius 3 is 2.86 bits per heavy atom. The van der Waals surface area contributed by atoms with Crippen LogP contribution in [0.15, 0.2) is 24.3 Å². The second kappa shape index (κ2) is 7.25. The average Bonchev–Trinajstić information content (AvgIpc) is 2.68. The van der Waals surface area contributed by atoms with E-state index < -0.39 is 0 Å². The average molecular weight is 289 g/mol. The van der Waals surface area contributed by atoms with E-state index in [4.69, 9.17) is 4.74 Å². The molecule has 1 aliphatic heterocycles. The number of anilines is 1. The van der Waals surface area contributed by atoms with Crippen molar-refractivity contribution < 1.29 is 14.3 Å². The molecule has 0 aromatic heterocycles. The molecule has 1 aromatic carbocycles. The maximum Gasteiger partial charge on any atom is 0.328 e. The van der Waals surface area contributed by atoms with Crippen molar-refractivity contribution in [3.63, 3.8) is 0 Å². The topological polar surface area (TPSA) is 46.6 Å². The molecule has 0 radical (unpaired) electrons. The van der Waals surface area contributed by atoms with E-state index >= 15 is 0 Å². The van der Waals surface area contributed by atoms with Gasteiger partial charge in [-0.25, -0.2) is 4.79 Å². The number of benzene rings is 1. The number of ether oxygens (including phenoxy) is 1. The number of esters is 1. The molecular weight excluding hydrogens is 266 g/mol. The summed E-state index contributed by atoms with van der Waals surface area (Å²) in [4.78, 5) is 26.4. The van der Waals surface area contributed by atoms with E-state index in [1.54, 1.807) is 0 Å². The van der Waals surface area contributed by atoms with Crippen molar-refractivity contribution in [1.82, 2.24) is 0 Å². The van der Waals surface area contributed by atoms with Crippen molar-refractivity contribution in [2.75, 3.05) is 18.6 Å². The molecule has 0 spiro atoms. The Bertz CT molecular complexity index is 513. The maximum atomic E-state index is 12.2. The first kappa shape index (κ1) is 15.5. The lowest BCUT2D eigenvalue weighted by atomic mass is 10.0. The molecular formula is C17H23NO3. The lowest BCUT2D eigenvalue weighted by Crippen LogP contribution is -2.42. The van der Waals surface area contributed by atoms with Crippen LogP contribution in [0, 0.1) is 0 Å². The van der Waals surface area contributed by atoms with Gasteiger partial charge in [0.1, 0.15) is 6.04 Å². The van der Waals surface area contributed by atoms with Crippen LogP contribution < -0.4 is 4.90 Å². The second-order valence-electron chi connectivity index (χ2n) is 5.42. The molecule has 0 bridgehead atoms. The highest BCUT2D eigenvalue weighted by Gasteiger charge is 2.30. The summed E-state index contributed by atoms with van der Waals surface area (Å²) in [5.41, 5.74) is 1.59. The molecule has 1 atom stereocenters. The SMILES string of the molecule is CCCCC(C(=O)OC)N1CCCC(=O)c2ccccc21. The highest BCUT2D eigenvalue weighted by molar-refractivity contribution is 6.02. The van der Waals surface area contributed by atoms with Crippen LogP contribution in [0.5, 0.6) is 0 Å². The number of fused-ring (bicyclic) bond motifs is 1. The van der Waals surface area contributed by atoms with Gasteiger partial charge in [-0.15, -0.1) is 0 Å². The van der Waals surface area contributed by atoms with E-state index in [2.05, 4.69) is 11.8 Å². The van der Waals surface area contributed by atoms with E-state index in [1.807, 2.05) is 24.3 Å². The number of rotatable bonds is 5. The van der Waals surface area contributed by atoms with Crippen LogP contribution in [0.4, 0.5) is 5.69 Å². The Hall–Kier alpha value is -1.84. The fourth-order valence-corrected chi connectivity index (χ4v) is 2.88. The van der Waals surface area contributed by atoms with Crippen LogP contribution in [-0.4, -0.2) is 31.4 Å². The predicted molar refractivity (Wildman–Crippen MR) is 82.7 cm³/mol. The summed E-state index contributed by atoms with van der Waals surface area (Å²) in [6.07, 6.45) is 4.06. The highest BCUT2D eigenvalue weighted by Crippen LogP contribution is 2.29.